The molecule has 1 heterocycles. The first kappa shape index (κ1) is 22.5. The minimum absolute atomic E-state index is 0.0221. The summed E-state index contributed by atoms with van der Waals surface area (Å²) in [6.45, 7) is 0.683. The Bertz CT molecular complexity index is 942. The molecule has 0 N–H and O–H groups in total. The lowest BCUT2D eigenvalue weighted by Gasteiger charge is -2.25. The van der Waals surface area contributed by atoms with Gasteiger partial charge >= 0.3 is 0 Å². The molecule has 0 spiro atoms. The Morgan fingerprint density at radius 1 is 0.839 bits per heavy atom. The van der Waals surface area contributed by atoms with Crippen molar-refractivity contribution in [1.29, 1.82) is 0 Å². The fraction of sp³-hybridized carbons (Fsp3) is 0.417. The van der Waals surface area contributed by atoms with Gasteiger partial charge in [-0.05, 0) is 48.7 Å². The van der Waals surface area contributed by atoms with Crippen LogP contribution < -0.4 is 18.9 Å². The van der Waals surface area contributed by atoms with Crippen LogP contribution in [0.25, 0.3) is 0 Å². The fourth-order valence-electron chi connectivity index (χ4n) is 3.99. The van der Waals surface area contributed by atoms with E-state index in [1.807, 2.05) is 23.1 Å². The highest BCUT2D eigenvalue weighted by Gasteiger charge is 2.30. The van der Waals surface area contributed by atoms with Crippen molar-refractivity contribution < 1.29 is 28.5 Å². The van der Waals surface area contributed by atoms with E-state index in [4.69, 9.17) is 18.9 Å². The Morgan fingerprint density at radius 3 is 2.10 bits per heavy atom. The largest absolute Gasteiger partial charge is 0.493 e. The van der Waals surface area contributed by atoms with Gasteiger partial charge in [-0.1, -0.05) is 6.07 Å². The third-order valence-electron chi connectivity index (χ3n) is 5.64. The first-order valence-corrected chi connectivity index (χ1v) is 10.3. The average molecular weight is 427 g/mol. The number of ketones is 1. The van der Waals surface area contributed by atoms with Crippen LogP contribution in [0.5, 0.6) is 23.0 Å². The maximum atomic E-state index is 12.9. The van der Waals surface area contributed by atoms with Crippen molar-refractivity contribution in [3.05, 3.63) is 47.5 Å². The maximum absolute atomic E-state index is 12.9. The lowest BCUT2D eigenvalue weighted by molar-refractivity contribution is -0.132. The third kappa shape index (κ3) is 4.93. The van der Waals surface area contributed by atoms with E-state index in [-0.39, 0.29) is 30.6 Å². The molecule has 1 saturated heterocycles. The molecule has 0 radical (unpaired) electrons. The van der Waals surface area contributed by atoms with Crippen molar-refractivity contribution >= 4 is 11.7 Å². The second-order valence-electron chi connectivity index (χ2n) is 7.35. The van der Waals surface area contributed by atoms with Gasteiger partial charge in [0.1, 0.15) is 0 Å². The van der Waals surface area contributed by atoms with Crippen LogP contribution >= 0.6 is 0 Å². The fourth-order valence-corrected chi connectivity index (χ4v) is 3.99. The van der Waals surface area contributed by atoms with Crippen molar-refractivity contribution in [3.63, 3.8) is 0 Å². The molecular weight excluding hydrogens is 398 g/mol. The lowest BCUT2D eigenvalue weighted by Crippen LogP contribution is -2.30. The van der Waals surface area contributed by atoms with Gasteiger partial charge in [-0.25, -0.2) is 0 Å². The summed E-state index contributed by atoms with van der Waals surface area (Å²) in [6.07, 6.45) is 2.11. The van der Waals surface area contributed by atoms with E-state index in [2.05, 4.69) is 0 Å². The van der Waals surface area contributed by atoms with Gasteiger partial charge in [-0.2, -0.15) is 0 Å². The van der Waals surface area contributed by atoms with Crippen LogP contribution in [0.2, 0.25) is 0 Å². The van der Waals surface area contributed by atoms with Crippen LogP contribution in [0.4, 0.5) is 0 Å². The number of methoxy groups -OCH3 is 4. The van der Waals surface area contributed by atoms with Gasteiger partial charge in [-0.15, -0.1) is 0 Å². The number of hydrogen-bond donors (Lipinski definition) is 0. The first-order valence-electron chi connectivity index (χ1n) is 10.3. The smallest absolute Gasteiger partial charge is 0.223 e. The predicted octanol–water partition coefficient (Wildman–Crippen LogP) is 4.05. The van der Waals surface area contributed by atoms with Gasteiger partial charge < -0.3 is 23.8 Å². The van der Waals surface area contributed by atoms with Crippen LogP contribution in [0, 0.1) is 0 Å². The summed E-state index contributed by atoms with van der Waals surface area (Å²) in [5, 5.41) is 0. The molecule has 7 nitrogen and oxygen atoms in total. The summed E-state index contributed by atoms with van der Waals surface area (Å²) in [7, 11) is 6.26. The molecule has 7 heteroatoms. The highest BCUT2D eigenvalue weighted by molar-refractivity contribution is 5.98. The molecule has 166 valence electrons. The van der Waals surface area contributed by atoms with Crippen LogP contribution in [-0.2, 0) is 4.79 Å². The number of Topliss-reactive ketones (excluding diaryl/α,β-unsaturated/α-hetero) is 1. The number of likely N-dealkylation sites (tertiary alicyclic amines) is 1. The number of hydrogen-bond acceptors (Lipinski definition) is 6. The number of carbonyl (C=O) groups excluding carboxylic acids is 2. The Labute approximate surface area is 182 Å². The summed E-state index contributed by atoms with van der Waals surface area (Å²) in [6, 6.07) is 10.8. The normalized spacial score (nSPS) is 15.5. The molecule has 0 aromatic heterocycles. The maximum Gasteiger partial charge on any atom is 0.223 e. The minimum Gasteiger partial charge on any atom is -0.493 e. The Kier molecular flexibility index (Phi) is 7.39. The van der Waals surface area contributed by atoms with E-state index < -0.39 is 0 Å². The molecule has 0 aliphatic carbocycles. The number of amides is 1. The van der Waals surface area contributed by atoms with Gasteiger partial charge in [0.15, 0.2) is 28.8 Å². The molecule has 0 saturated carbocycles. The van der Waals surface area contributed by atoms with E-state index >= 15 is 0 Å². The van der Waals surface area contributed by atoms with Gasteiger partial charge in [0.25, 0.3) is 0 Å². The minimum atomic E-state index is -0.101. The number of ether oxygens (including phenoxy) is 4. The Balaban J connectivity index is 1.67. The number of carbonyl (C=O) groups is 2. The zero-order chi connectivity index (χ0) is 22.4. The van der Waals surface area contributed by atoms with Crippen molar-refractivity contribution in [2.75, 3.05) is 35.0 Å². The molecule has 1 atom stereocenters. The molecule has 1 amide bonds. The van der Waals surface area contributed by atoms with Gasteiger partial charge in [0.05, 0.1) is 34.5 Å². The average Bonchev–Trinajstić information content (AvgIpc) is 3.31. The number of nitrogens with zero attached hydrogens (tertiary/aromatic N) is 1. The molecule has 0 unspecified atom stereocenters. The zero-order valence-electron chi connectivity index (χ0n) is 18.5. The molecule has 0 bridgehead atoms. The molecule has 1 aliphatic heterocycles. The van der Waals surface area contributed by atoms with Gasteiger partial charge in [0, 0.05) is 24.9 Å². The first-order chi connectivity index (χ1) is 15.0. The van der Waals surface area contributed by atoms with E-state index in [1.54, 1.807) is 39.5 Å². The van der Waals surface area contributed by atoms with Gasteiger partial charge in [0.2, 0.25) is 5.91 Å². The Morgan fingerprint density at radius 2 is 1.45 bits per heavy atom. The van der Waals surface area contributed by atoms with E-state index in [9.17, 15) is 9.59 Å². The van der Waals surface area contributed by atoms with Crippen LogP contribution in [0.15, 0.2) is 36.4 Å². The Hall–Kier alpha value is -3.22. The predicted molar refractivity (Wildman–Crippen MR) is 116 cm³/mol. The summed E-state index contributed by atoms with van der Waals surface area (Å²) in [5.41, 5.74) is 1.51. The highest BCUT2D eigenvalue weighted by Crippen LogP contribution is 2.37. The number of rotatable bonds is 9. The second kappa shape index (κ2) is 10.2. The topological polar surface area (TPSA) is 74.3 Å². The van der Waals surface area contributed by atoms with Crippen molar-refractivity contribution in [2.24, 2.45) is 0 Å². The van der Waals surface area contributed by atoms with E-state index in [0.717, 1.165) is 18.4 Å². The van der Waals surface area contributed by atoms with Crippen LogP contribution in [0.3, 0.4) is 0 Å². The third-order valence-corrected chi connectivity index (χ3v) is 5.64. The molecule has 2 aromatic rings. The standard InChI is InChI=1S/C24H29NO6/c1-28-20-10-7-16(14-22(20)30-3)18-6-5-13-25(18)24(27)12-9-19(26)17-8-11-21(29-2)23(15-17)31-4/h7-8,10-11,14-15,18H,5-6,9,12-13H2,1-4H3/t18-/m0/s1. The van der Waals surface area contributed by atoms with Crippen LogP contribution in [0.1, 0.15) is 47.6 Å². The summed E-state index contributed by atoms with van der Waals surface area (Å²) in [5.74, 6) is 2.23. The highest BCUT2D eigenvalue weighted by atomic mass is 16.5. The molecule has 31 heavy (non-hydrogen) atoms. The molecule has 1 fully saturated rings. The number of benzene rings is 2. The quantitative estimate of drug-likeness (QED) is 0.562. The zero-order valence-corrected chi connectivity index (χ0v) is 18.5. The second-order valence-corrected chi connectivity index (χ2v) is 7.35. The molecule has 1 aliphatic rings. The van der Waals surface area contributed by atoms with Gasteiger partial charge in [-0.3, -0.25) is 9.59 Å². The van der Waals surface area contributed by atoms with Crippen molar-refractivity contribution in [2.45, 2.75) is 31.7 Å². The van der Waals surface area contributed by atoms with Crippen molar-refractivity contribution in [1.82, 2.24) is 4.90 Å². The summed E-state index contributed by atoms with van der Waals surface area (Å²) < 4.78 is 21.2. The monoisotopic (exact) mass is 427 g/mol. The molecular formula is C24H29NO6. The van der Waals surface area contributed by atoms with Crippen LogP contribution in [-0.4, -0.2) is 51.6 Å². The van der Waals surface area contributed by atoms with Crippen molar-refractivity contribution in [3.8, 4) is 23.0 Å². The summed E-state index contributed by atoms with van der Waals surface area (Å²) >= 11 is 0. The lowest BCUT2D eigenvalue weighted by atomic mass is 10.0. The molecule has 2 aromatic carbocycles. The SMILES string of the molecule is COc1ccc(C(=O)CCC(=O)N2CCC[C@H]2c2ccc(OC)c(OC)c2)cc1OC. The summed E-state index contributed by atoms with van der Waals surface area (Å²) in [4.78, 5) is 27.4. The molecule has 3 rings (SSSR count). The van der Waals surface area contributed by atoms with E-state index in [0.29, 0.717) is 35.1 Å². The van der Waals surface area contributed by atoms with E-state index in [1.165, 1.54) is 7.11 Å².